The number of aliphatic carboxylic acids is 1. The maximum absolute atomic E-state index is 10.6. The van der Waals surface area contributed by atoms with E-state index in [9.17, 15) is 4.79 Å². The summed E-state index contributed by atoms with van der Waals surface area (Å²) in [6, 6.07) is -0.764. The molecular weight excluding hydrogens is 206 g/mol. The number of aromatic amines is 1. The largest absolute Gasteiger partial charge is 0.480 e. The maximum atomic E-state index is 10.6. The van der Waals surface area contributed by atoms with Gasteiger partial charge in [-0.3, -0.25) is 4.79 Å². The first-order valence-corrected chi connectivity index (χ1v) is 5.49. The van der Waals surface area contributed by atoms with Gasteiger partial charge in [-0.05, 0) is 32.1 Å². The van der Waals surface area contributed by atoms with Gasteiger partial charge in [-0.15, -0.1) is 0 Å². The highest BCUT2D eigenvalue weighted by Gasteiger charge is 2.19. The summed E-state index contributed by atoms with van der Waals surface area (Å²) in [7, 11) is 0. The second kappa shape index (κ2) is 5.65. The van der Waals surface area contributed by atoms with E-state index in [0.29, 0.717) is 0 Å². The molecular formula is C11H19N3O2. The zero-order valence-corrected chi connectivity index (χ0v) is 9.73. The Labute approximate surface area is 95.1 Å². The van der Waals surface area contributed by atoms with Gasteiger partial charge in [0.2, 0.25) is 0 Å². The summed E-state index contributed by atoms with van der Waals surface area (Å²) in [5.74, 6) is -0.930. The van der Waals surface area contributed by atoms with Gasteiger partial charge in [0.1, 0.15) is 6.04 Å². The number of rotatable bonds is 6. The smallest absolute Gasteiger partial charge is 0.320 e. The van der Waals surface area contributed by atoms with E-state index in [1.54, 1.807) is 6.33 Å². The van der Waals surface area contributed by atoms with Crippen LogP contribution in [0.2, 0.25) is 0 Å². The molecule has 2 atom stereocenters. The van der Waals surface area contributed by atoms with Crippen LogP contribution in [0.5, 0.6) is 0 Å². The van der Waals surface area contributed by atoms with Crippen LogP contribution in [0.3, 0.4) is 0 Å². The lowest BCUT2D eigenvalue weighted by Crippen LogP contribution is -2.36. The molecule has 16 heavy (non-hydrogen) atoms. The molecule has 1 rings (SSSR count). The lowest BCUT2D eigenvalue weighted by molar-refractivity contribution is -0.139. The zero-order chi connectivity index (χ0) is 12.1. The predicted molar refractivity (Wildman–Crippen MR) is 61.0 cm³/mol. The van der Waals surface area contributed by atoms with Gasteiger partial charge in [0.25, 0.3) is 0 Å². The molecule has 1 aromatic rings. The Morgan fingerprint density at radius 3 is 2.88 bits per heavy atom. The molecule has 5 nitrogen and oxygen atoms in total. The Bertz CT molecular complexity index is 349. The molecule has 0 spiro atoms. The summed E-state index contributed by atoms with van der Waals surface area (Å²) in [6.45, 7) is 3.85. The predicted octanol–water partition coefficient (Wildman–Crippen LogP) is 1.09. The highest BCUT2D eigenvalue weighted by atomic mass is 16.4. The third-order valence-electron chi connectivity index (χ3n) is 2.91. The van der Waals surface area contributed by atoms with E-state index in [1.807, 2.05) is 13.8 Å². The van der Waals surface area contributed by atoms with Crippen LogP contribution in [0.4, 0.5) is 0 Å². The molecule has 0 fully saturated rings. The number of nitrogens with one attached hydrogen (secondary N) is 1. The first kappa shape index (κ1) is 12.7. The molecule has 0 aliphatic heterocycles. The average Bonchev–Trinajstić information content (AvgIpc) is 2.63. The number of carboxylic acid groups (broad SMARTS) is 1. The minimum Gasteiger partial charge on any atom is -0.480 e. The summed E-state index contributed by atoms with van der Waals surface area (Å²) >= 11 is 0. The van der Waals surface area contributed by atoms with Crippen LogP contribution in [0.25, 0.3) is 0 Å². The van der Waals surface area contributed by atoms with E-state index >= 15 is 0 Å². The SMILES string of the molecule is Cc1[nH]cnc1CCCC(C)[C@H](N)C(=O)O. The maximum Gasteiger partial charge on any atom is 0.320 e. The average molecular weight is 225 g/mol. The standard InChI is InChI=1S/C11H19N3O2/c1-7(10(12)11(15)16)4-3-5-9-8(2)13-6-14-9/h6-7,10H,3-5,12H2,1-2H3,(H,13,14)(H,15,16)/t7?,10-/m0/s1. The second-order valence-corrected chi connectivity index (χ2v) is 4.21. The molecule has 0 amide bonds. The van der Waals surface area contributed by atoms with Crippen LogP contribution in [0, 0.1) is 12.8 Å². The highest BCUT2D eigenvalue weighted by Crippen LogP contribution is 2.13. The number of hydrogen-bond donors (Lipinski definition) is 3. The van der Waals surface area contributed by atoms with Crippen molar-refractivity contribution in [2.45, 2.75) is 39.2 Å². The number of imidazole rings is 1. The molecule has 0 saturated heterocycles. The van der Waals surface area contributed by atoms with Crippen molar-refractivity contribution < 1.29 is 9.90 Å². The molecule has 90 valence electrons. The number of nitrogens with zero attached hydrogens (tertiary/aromatic N) is 1. The minimum absolute atomic E-state index is 0.00301. The quantitative estimate of drug-likeness (QED) is 0.675. The molecule has 0 aliphatic carbocycles. The van der Waals surface area contributed by atoms with Crippen molar-refractivity contribution in [1.82, 2.24) is 9.97 Å². The Morgan fingerprint density at radius 1 is 1.69 bits per heavy atom. The molecule has 5 heteroatoms. The molecule has 0 radical (unpaired) electrons. The van der Waals surface area contributed by atoms with Crippen molar-refractivity contribution in [3.05, 3.63) is 17.7 Å². The third kappa shape index (κ3) is 3.34. The molecule has 1 heterocycles. The highest BCUT2D eigenvalue weighted by molar-refractivity contribution is 5.73. The third-order valence-corrected chi connectivity index (χ3v) is 2.91. The van der Waals surface area contributed by atoms with Crippen molar-refractivity contribution >= 4 is 5.97 Å². The molecule has 1 aromatic heterocycles. The van der Waals surface area contributed by atoms with Crippen molar-refractivity contribution in [1.29, 1.82) is 0 Å². The fraction of sp³-hybridized carbons (Fsp3) is 0.636. The number of carbonyl (C=O) groups is 1. The Kier molecular flexibility index (Phi) is 4.49. The van der Waals surface area contributed by atoms with Gasteiger partial charge >= 0.3 is 5.97 Å². The summed E-state index contributed by atoms with van der Waals surface area (Å²) in [6.07, 6.45) is 4.26. The first-order chi connectivity index (χ1) is 7.52. The lowest BCUT2D eigenvalue weighted by atomic mass is 9.96. The summed E-state index contributed by atoms with van der Waals surface area (Å²) < 4.78 is 0. The summed E-state index contributed by atoms with van der Waals surface area (Å²) in [5, 5.41) is 8.74. The van der Waals surface area contributed by atoms with Crippen LogP contribution >= 0.6 is 0 Å². The van der Waals surface area contributed by atoms with Gasteiger partial charge < -0.3 is 15.8 Å². The molecule has 4 N–H and O–H groups in total. The second-order valence-electron chi connectivity index (χ2n) is 4.21. The number of H-pyrrole nitrogens is 1. The van der Waals surface area contributed by atoms with Crippen molar-refractivity contribution in [2.24, 2.45) is 11.7 Å². The van der Waals surface area contributed by atoms with E-state index in [4.69, 9.17) is 10.8 Å². The fourth-order valence-corrected chi connectivity index (χ4v) is 1.65. The molecule has 0 aromatic carbocycles. The number of aryl methyl sites for hydroxylation is 2. The van der Waals surface area contributed by atoms with Gasteiger partial charge in [0.05, 0.1) is 12.0 Å². The van der Waals surface area contributed by atoms with Crippen molar-refractivity contribution in [3.63, 3.8) is 0 Å². The molecule has 0 saturated carbocycles. The summed E-state index contributed by atoms with van der Waals surface area (Å²) in [4.78, 5) is 17.9. The number of aromatic nitrogens is 2. The van der Waals surface area contributed by atoms with E-state index in [-0.39, 0.29) is 5.92 Å². The Morgan fingerprint density at radius 2 is 2.38 bits per heavy atom. The molecule has 0 bridgehead atoms. The number of hydrogen-bond acceptors (Lipinski definition) is 3. The van der Waals surface area contributed by atoms with E-state index in [2.05, 4.69) is 9.97 Å². The molecule has 0 aliphatic rings. The van der Waals surface area contributed by atoms with Gasteiger partial charge in [-0.25, -0.2) is 4.98 Å². The van der Waals surface area contributed by atoms with Gasteiger partial charge in [0, 0.05) is 5.69 Å². The van der Waals surface area contributed by atoms with E-state index in [0.717, 1.165) is 30.7 Å². The topological polar surface area (TPSA) is 92.0 Å². The van der Waals surface area contributed by atoms with Crippen molar-refractivity contribution in [3.8, 4) is 0 Å². The lowest BCUT2D eigenvalue weighted by Gasteiger charge is -2.15. The number of carboxylic acids is 1. The zero-order valence-electron chi connectivity index (χ0n) is 9.73. The number of nitrogens with two attached hydrogens (primary N) is 1. The Balaban J connectivity index is 2.31. The van der Waals surface area contributed by atoms with Gasteiger partial charge in [-0.1, -0.05) is 6.92 Å². The first-order valence-electron chi connectivity index (χ1n) is 5.49. The fourth-order valence-electron chi connectivity index (χ4n) is 1.65. The van der Waals surface area contributed by atoms with Crippen LogP contribution in [-0.2, 0) is 11.2 Å². The monoisotopic (exact) mass is 225 g/mol. The van der Waals surface area contributed by atoms with Crippen LogP contribution < -0.4 is 5.73 Å². The van der Waals surface area contributed by atoms with Crippen molar-refractivity contribution in [2.75, 3.05) is 0 Å². The van der Waals surface area contributed by atoms with Crippen LogP contribution in [-0.4, -0.2) is 27.1 Å². The minimum atomic E-state index is -0.927. The van der Waals surface area contributed by atoms with Crippen LogP contribution in [0.15, 0.2) is 6.33 Å². The van der Waals surface area contributed by atoms with Gasteiger partial charge in [0.15, 0.2) is 0 Å². The van der Waals surface area contributed by atoms with Gasteiger partial charge in [-0.2, -0.15) is 0 Å². The Hall–Kier alpha value is -1.36. The normalized spacial score (nSPS) is 14.7. The van der Waals surface area contributed by atoms with Crippen LogP contribution in [0.1, 0.15) is 31.2 Å². The summed E-state index contributed by atoms with van der Waals surface area (Å²) in [5.41, 5.74) is 7.66. The van der Waals surface area contributed by atoms with E-state index < -0.39 is 12.0 Å². The molecule has 1 unspecified atom stereocenters. The van der Waals surface area contributed by atoms with E-state index in [1.165, 1.54) is 0 Å².